The number of aromatic amines is 1. The van der Waals surface area contributed by atoms with Crippen molar-refractivity contribution in [3.63, 3.8) is 0 Å². The van der Waals surface area contributed by atoms with E-state index < -0.39 is 0 Å². The lowest BCUT2D eigenvalue weighted by molar-refractivity contribution is 0.629. The number of imidazole rings is 1. The van der Waals surface area contributed by atoms with Gasteiger partial charge in [-0.3, -0.25) is 0 Å². The maximum Gasteiger partial charge on any atom is 0.201 e. The summed E-state index contributed by atoms with van der Waals surface area (Å²) in [5, 5.41) is 3.27. The van der Waals surface area contributed by atoms with Gasteiger partial charge in [-0.2, -0.15) is 0 Å². The average molecular weight is 259 g/mol. The number of hydrogen-bond donors (Lipinski definition) is 2. The minimum atomic E-state index is -0.241. The zero-order chi connectivity index (χ0) is 13.1. The Labute approximate surface area is 111 Å². The second kappa shape index (κ2) is 5.43. The number of aromatic nitrogens is 2. The molecule has 1 aliphatic carbocycles. The van der Waals surface area contributed by atoms with Crippen LogP contribution in [-0.2, 0) is 0 Å². The third-order valence-corrected chi connectivity index (χ3v) is 3.57. The molecule has 0 spiro atoms. The molecular formula is C15H18FN3. The van der Waals surface area contributed by atoms with Crippen molar-refractivity contribution >= 4 is 17.0 Å². The average Bonchev–Trinajstić information content (AvgIpc) is 2.82. The van der Waals surface area contributed by atoms with Gasteiger partial charge >= 0.3 is 0 Å². The van der Waals surface area contributed by atoms with Crippen molar-refractivity contribution in [2.75, 3.05) is 11.9 Å². The maximum atomic E-state index is 13.1. The topological polar surface area (TPSA) is 40.7 Å². The molecule has 0 atom stereocenters. The lowest BCUT2D eigenvalue weighted by Crippen LogP contribution is -2.05. The Hall–Kier alpha value is -1.84. The molecule has 2 N–H and O–H groups in total. The molecule has 0 bridgehead atoms. The fourth-order valence-electron chi connectivity index (χ4n) is 2.54. The predicted octanol–water partition coefficient (Wildman–Crippen LogP) is 4.00. The Morgan fingerprint density at radius 1 is 1.32 bits per heavy atom. The molecule has 0 aliphatic heterocycles. The third-order valence-electron chi connectivity index (χ3n) is 3.57. The van der Waals surface area contributed by atoms with E-state index in [1.807, 2.05) is 0 Å². The number of nitrogens with one attached hydrogen (secondary N) is 2. The number of allylic oxidation sites excluding steroid dienone is 1. The summed E-state index contributed by atoms with van der Waals surface area (Å²) in [5.74, 6) is 0.479. The van der Waals surface area contributed by atoms with E-state index in [0.717, 1.165) is 29.9 Å². The summed E-state index contributed by atoms with van der Waals surface area (Å²) in [7, 11) is 0. The van der Waals surface area contributed by atoms with E-state index in [0.29, 0.717) is 0 Å². The number of halogens is 1. The molecule has 1 aromatic carbocycles. The zero-order valence-electron chi connectivity index (χ0n) is 10.9. The number of fused-ring (bicyclic) bond motifs is 1. The Balaban J connectivity index is 1.60. The van der Waals surface area contributed by atoms with Crippen molar-refractivity contribution in [2.45, 2.75) is 32.1 Å². The molecule has 0 saturated heterocycles. The first-order chi connectivity index (χ1) is 9.31. The highest BCUT2D eigenvalue weighted by molar-refractivity contribution is 5.77. The van der Waals surface area contributed by atoms with Crippen molar-refractivity contribution in [3.05, 3.63) is 35.7 Å². The molecule has 1 heterocycles. The summed E-state index contributed by atoms with van der Waals surface area (Å²) in [6.07, 6.45) is 8.51. The highest BCUT2D eigenvalue weighted by atomic mass is 19.1. The second-order valence-corrected chi connectivity index (χ2v) is 5.03. The second-order valence-electron chi connectivity index (χ2n) is 5.03. The van der Waals surface area contributed by atoms with Crippen LogP contribution in [0.15, 0.2) is 29.8 Å². The van der Waals surface area contributed by atoms with E-state index in [9.17, 15) is 4.39 Å². The molecule has 0 fully saturated rings. The van der Waals surface area contributed by atoms with Crippen LogP contribution in [0.3, 0.4) is 0 Å². The summed E-state index contributed by atoms with van der Waals surface area (Å²) in [6.45, 7) is 0.869. The Morgan fingerprint density at radius 3 is 3.11 bits per heavy atom. The molecule has 0 amide bonds. The normalized spacial score (nSPS) is 15.5. The van der Waals surface area contributed by atoms with E-state index in [2.05, 4.69) is 21.4 Å². The molecular weight excluding hydrogens is 241 g/mol. The molecule has 0 saturated carbocycles. The van der Waals surface area contributed by atoms with Crippen LogP contribution in [0.1, 0.15) is 32.1 Å². The first kappa shape index (κ1) is 12.2. The van der Waals surface area contributed by atoms with Crippen LogP contribution in [0.4, 0.5) is 10.3 Å². The molecule has 1 aliphatic rings. The first-order valence-corrected chi connectivity index (χ1v) is 6.88. The lowest BCUT2D eigenvalue weighted by Gasteiger charge is -2.12. The van der Waals surface area contributed by atoms with Crippen molar-refractivity contribution < 1.29 is 4.39 Å². The monoisotopic (exact) mass is 259 g/mol. The first-order valence-electron chi connectivity index (χ1n) is 6.88. The fraction of sp³-hybridized carbons (Fsp3) is 0.400. The summed E-state index contributed by atoms with van der Waals surface area (Å²) in [4.78, 5) is 7.48. The minimum Gasteiger partial charge on any atom is -0.355 e. The number of H-pyrrole nitrogens is 1. The fourth-order valence-corrected chi connectivity index (χ4v) is 2.54. The van der Waals surface area contributed by atoms with E-state index in [1.54, 1.807) is 11.6 Å². The van der Waals surface area contributed by atoms with Crippen LogP contribution in [0.2, 0.25) is 0 Å². The maximum absolute atomic E-state index is 13.1. The smallest absolute Gasteiger partial charge is 0.201 e. The van der Waals surface area contributed by atoms with Crippen molar-refractivity contribution in [1.29, 1.82) is 0 Å². The van der Waals surface area contributed by atoms with Crippen LogP contribution in [0.5, 0.6) is 0 Å². The van der Waals surface area contributed by atoms with Gasteiger partial charge in [0.05, 0.1) is 11.0 Å². The van der Waals surface area contributed by atoms with Gasteiger partial charge in [-0.1, -0.05) is 11.6 Å². The molecule has 19 heavy (non-hydrogen) atoms. The third kappa shape index (κ3) is 2.95. The van der Waals surface area contributed by atoms with Gasteiger partial charge in [0.2, 0.25) is 5.95 Å². The van der Waals surface area contributed by atoms with Crippen molar-refractivity contribution in [2.24, 2.45) is 0 Å². The molecule has 4 heteroatoms. The van der Waals surface area contributed by atoms with E-state index in [4.69, 9.17) is 0 Å². The quantitative estimate of drug-likeness (QED) is 0.815. The van der Waals surface area contributed by atoms with Crippen molar-refractivity contribution in [1.82, 2.24) is 9.97 Å². The number of benzene rings is 1. The summed E-state index contributed by atoms with van der Waals surface area (Å²) in [6, 6.07) is 4.59. The van der Waals surface area contributed by atoms with Crippen LogP contribution in [-0.4, -0.2) is 16.5 Å². The summed E-state index contributed by atoms with van der Waals surface area (Å²) >= 11 is 0. The SMILES string of the molecule is Fc1ccc2nc(NCCC3=CCCCC3)[nH]c2c1. The highest BCUT2D eigenvalue weighted by Crippen LogP contribution is 2.20. The molecule has 2 aromatic rings. The van der Waals surface area contributed by atoms with Gasteiger partial charge in [0.1, 0.15) is 5.82 Å². The van der Waals surface area contributed by atoms with Crippen LogP contribution in [0, 0.1) is 5.82 Å². The zero-order valence-corrected chi connectivity index (χ0v) is 10.9. The number of hydrogen-bond acceptors (Lipinski definition) is 2. The van der Waals surface area contributed by atoms with Gasteiger partial charge in [0, 0.05) is 6.54 Å². The van der Waals surface area contributed by atoms with Crippen LogP contribution >= 0.6 is 0 Å². The van der Waals surface area contributed by atoms with Crippen LogP contribution < -0.4 is 5.32 Å². The highest BCUT2D eigenvalue weighted by Gasteiger charge is 2.05. The Bertz CT molecular complexity index is 600. The Morgan fingerprint density at radius 2 is 2.26 bits per heavy atom. The van der Waals surface area contributed by atoms with Gasteiger partial charge in [0.15, 0.2) is 0 Å². The Kier molecular flexibility index (Phi) is 3.49. The predicted molar refractivity (Wildman–Crippen MR) is 75.7 cm³/mol. The lowest BCUT2D eigenvalue weighted by atomic mass is 9.97. The molecule has 3 nitrogen and oxygen atoms in total. The number of nitrogens with zero attached hydrogens (tertiary/aromatic N) is 1. The largest absolute Gasteiger partial charge is 0.355 e. The van der Waals surface area contributed by atoms with Gasteiger partial charge in [-0.05, 0) is 50.3 Å². The van der Waals surface area contributed by atoms with Gasteiger partial charge in [-0.15, -0.1) is 0 Å². The number of anilines is 1. The van der Waals surface area contributed by atoms with Gasteiger partial charge in [-0.25, -0.2) is 9.37 Å². The van der Waals surface area contributed by atoms with E-state index >= 15 is 0 Å². The molecule has 1 aromatic heterocycles. The van der Waals surface area contributed by atoms with Gasteiger partial charge < -0.3 is 10.3 Å². The van der Waals surface area contributed by atoms with Crippen LogP contribution in [0.25, 0.3) is 11.0 Å². The number of rotatable bonds is 4. The standard InChI is InChI=1S/C15H18FN3/c16-12-6-7-13-14(10-12)19-15(18-13)17-9-8-11-4-2-1-3-5-11/h4,6-7,10H,1-3,5,8-9H2,(H2,17,18,19). The van der Waals surface area contributed by atoms with Crippen molar-refractivity contribution in [3.8, 4) is 0 Å². The molecule has 0 unspecified atom stereocenters. The van der Waals surface area contributed by atoms with E-state index in [1.165, 1.54) is 37.8 Å². The minimum absolute atomic E-state index is 0.241. The molecule has 0 radical (unpaired) electrons. The van der Waals surface area contributed by atoms with Gasteiger partial charge in [0.25, 0.3) is 0 Å². The molecule has 100 valence electrons. The molecule has 3 rings (SSSR count). The summed E-state index contributed by atoms with van der Waals surface area (Å²) in [5.41, 5.74) is 3.07. The van der Waals surface area contributed by atoms with E-state index in [-0.39, 0.29) is 5.82 Å². The summed E-state index contributed by atoms with van der Waals surface area (Å²) < 4.78 is 13.1.